The van der Waals surface area contributed by atoms with E-state index >= 15 is 0 Å². The maximum absolute atomic E-state index is 11.7. The Morgan fingerprint density at radius 3 is 2.75 bits per heavy atom. The first kappa shape index (κ1) is 11.1. The van der Waals surface area contributed by atoms with Crippen molar-refractivity contribution in [2.24, 2.45) is 5.73 Å². The number of nitrogens with one attached hydrogen (secondary N) is 1. The van der Waals surface area contributed by atoms with Gasteiger partial charge < -0.3 is 10.2 Å². The maximum atomic E-state index is 11.7. The first-order valence-corrected chi connectivity index (χ1v) is 5.46. The molecule has 0 radical (unpaired) electrons. The molecule has 0 atom stereocenters. The van der Waals surface area contributed by atoms with Crippen LogP contribution in [0, 0.1) is 6.92 Å². The van der Waals surface area contributed by atoms with Gasteiger partial charge in [0.2, 0.25) is 11.8 Å². The summed E-state index contributed by atoms with van der Waals surface area (Å²) in [5.41, 5.74) is 5.74. The maximum Gasteiger partial charge on any atom is 0.322 e. The van der Waals surface area contributed by atoms with Crippen LogP contribution >= 0.6 is 0 Å². The fourth-order valence-electron chi connectivity index (χ4n) is 2.09. The van der Waals surface area contributed by atoms with Gasteiger partial charge in [0.05, 0.1) is 0 Å². The highest BCUT2D eigenvalue weighted by Crippen LogP contribution is 2.30. The Morgan fingerprint density at radius 2 is 2.19 bits per heavy atom. The summed E-state index contributed by atoms with van der Waals surface area (Å²) < 4.78 is 5.06. The second-order valence-corrected chi connectivity index (χ2v) is 4.42. The van der Waals surface area contributed by atoms with Crippen molar-refractivity contribution in [1.29, 1.82) is 0 Å². The molecule has 88 valence electrons. The van der Waals surface area contributed by atoms with Crippen LogP contribution in [0.15, 0.2) is 4.42 Å². The molecule has 0 aromatic carbocycles. The molecule has 1 amide bonds. The van der Waals surface area contributed by atoms with Crippen LogP contribution in [0.4, 0.5) is 6.01 Å². The number of nitrogens with two attached hydrogens (primary N) is 1. The van der Waals surface area contributed by atoms with Crippen molar-refractivity contribution in [2.75, 3.05) is 5.32 Å². The van der Waals surface area contributed by atoms with Gasteiger partial charge in [0.1, 0.15) is 0 Å². The molecule has 1 aliphatic carbocycles. The zero-order valence-electron chi connectivity index (χ0n) is 9.32. The van der Waals surface area contributed by atoms with Gasteiger partial charge in [0.15, 0.2) is 0 Å². The summed E-state index contributed by atoms with van der Waals surface area (Å²) in [7, 11) is 0. The van der Waals surface area contributed by atoms with Crippen molar-refractivity contribution < 1.29 is 9.21 Å². The molecule has 1 aliphatic rings. The molecule has 2 rings (SSSR count). The molecule has 0 bridgehead atoms. The van der Waals surface area contributed by atoms with Crippen molar-refractivity contribution in [3.05, 3.63) is 5.89 Å². The minimum atomic E-state index is -0.348. The highest BCUT2D eigenvalue weighted by atomic mass is 16.4. The third-order valence-corrected chi connectivity index (χ3v) is 2.88. The smallest absolute Gasteiger partial charge is 0.322 e. The van der Waals surface area contributed by atoms with Gasteiger partial charge in [-0.15, -0.1) is 5.10 Å². The van der Waals surface area contributed by atoms with Crippen LogP contribution in [-0.4, -0.2) is 21.6 Å². The SMILES string of the molecule is Cc1nnc(NC(=O)CC2(N)CCCC2)o1. The lowest BCUT2D eigenvalue weighted by Gasteiger charge is -2.21. The van der Waals surface area contributed by atoms with Crippen molar-refractivity contribution in [3.8, 4) is 0 Å². The van der Waals surface area contributed by atoms with Crippen molar-refractivity contribution in [2.45, 2.75) is 44.6 Å². The molecule has 0 aliphatic heterocycles. The first-order chi connectivity index (χ1) is 7.57. The van der Waals surface area contributed by atoms with E-state index in [1.807, 2.05) is 0 Å². The van der Waals surface area contributed by atoms with Crippen LogP contribution in [0.1, 0.15) is 38.0 Å². The lowest BCUT2D eigenvalue weighted by atomic mass is 9.94. The summed E-state index contributed by atoms with van der Waals surface area (Å²) in [6.07, 6.45) is 4.33. The average Bonchev–Trinajstić information content (AvgIpc) is 2.75. The summed E-state index contributed by atoms with van der Waals surface area (Å²) in [4.78, 5) is 11.7. The van der Waals surface area contributed by atoms with E-state index in [0.717, 1.165) is 25.7 Å². The van der Waals surface area contributed by atoms with E-state index in [1.54, 1.807) is 6.92 Å². The summed E-state index contributed by atoms with van der Waals surface area (Å²) in [5.74, 6) is 0.270. The molecule has 0 unspecified atom stereocenters. The molecule has 1 heterocycles. The van der Waals surface area contributed by atoms with Crippen LogP contribution < -0.4 is 11.1 Å². The number of amides is 1. The number of aromatic nitrogens is 2. The monoisotopic (exact) mass is 224 g/mol. The first-order valence-electron chi connectivity index (χ1n) is 5.46. The van der Waals surface area contributed by atoms with Gasteiger partial charge in [-0.1, -0.05) is 17.9 Å². The predicted molar refractivity (Wildman–Crippen MR) is 57.7 cm³/mol. The quantitative estimate of drug-likeness (QED) is 0.798. The number of carbonyl (C=O) groups is 1. The standard InChI is InChI=1S/C10H16N4O2/c1-7-13-14-9(16-7)12-8(15)6-10(11)4-2-3-5-10/h2-6,11H2,1H3,(H,12,14,15). The zero-order chi connectivity index (χ0) is 11.6. The number of nitrogens with zero attached hydrogens (tertiary/aromatic N) is 2. The number of hydrogen-bond acceptors (Lipinski definition) is 5. The van der Waals surface area contributed by atoms with Gasteiger partial charge in [0.25, 0.3) is 0 Å². The second kappa shape index (κ2) is 4.21. The number of hydrogen-bond donors (Lipinski definition) is 2. The van der Waals surface area contributed by atoms with Crippen LogP contribution in [-0.2, 0) is 4.79 Å². The molecule has 6 nitrogen and oxygen atoms in total. The molecule has 1 aromatic heterocycles. The number of anilines is 1. The van der Waals surface area contributed by atoms with Gasteiger partial charge in [-0.05, 0) is 12.8 Å². The van der Waals surface area contributed by atoms with Crippen molar-refractivity contribution in [3.63, 3.8) is 0 Å². The second-order valence-electron chi connectivity index (χ2n) is 4.42. The third kappa shape index (κ3) is 2.57. The number of aryl methyl sites for hydroxylation is 1. The average molecular weight is 224 g/mol. The molecular weight excluding hydrogens is 208 g/mol. The van der Waals surface area contributed by atoms with Crippen LogP contribution in [0.3, 0.4) is 0 Å². The summed E-state index contributed by atoms with van der Waals surface area (Å²) in [6, 6.07) is 0.143. The molecular formula is C10H16N4O2. The number of carbonyl (C=O) groups excluding carboxylic acids is 1. The van der Waals surface area contributed by atoms with Crippen LogP contribution in [0.5, 0.6) is 0 Å². The summed E-state index contributed by atoms with van der Waals surface area (Å²) in [6.45, 7) is 1.67. The van der Waals surface area contributed by atoms with Gasteiger partial charge in [-0.2, -0.15) is 0 Å². The Morgan fingerprint density at radius 1 is 1.50 bits per heavy atom. The Balaban J connectivity index is 1.89. The fraction of sp³-hybridized carbons (Fsp3) is 0.700. The van der Waals surface area contributed by atoms with Crippen molar-refractivity contribution >= 4 is 11.9 Å². The fourth-order valence-corrected chi connectivity index (χ4v) is 2.09. The van der Waals surface area contributed by atoms with Gasteiger partial charge in [0, 0.05) is 18.9 Å². The highest BCUT2D eigenvalue weighted by Gasteiger charge is 2.31. The normalized spacial score (nSPS) is 18.6. The van der Waals surface area contributed by atoms with E-state index in [-0.39, 0.29) is 17.5 Å². The van der Waals surface area contributed by atoms with E-state index in [9.17, 15) is 4.79 Å². The highest BCUT2D eigenvalue weighted by molar-refractivity contribution is 5.89. The number of rotatable bonds is 3. The Labute approximate surface area is 93.6 Å². The molecule has 1 fully saturated rings. The Bertz CT molecular complexity index is 382. The molecule has 0 spiro atoms. The van der Waals surface area contributed by atoms with E-state index in [1.165, 1.54) is 0 Å². The predicted octanol–water partition coefficient (Wildman–Crippen LogP) is 0.978. The lowest BCUT2D eigenvalue weighted by Crippen LogP contribution is -2.40. The Hall–Kier alpha value is -1.43. The lowest BCUT2D eigenvalue weighted by molar-refractivity contribution is -0.117. The van der Waals surface area contributed by atoms with E-state index < -0.39 is 0 Å². The minimum Gasteiger partial charge on any atom is -0.408 e. The Kier molecular flexibility index (Phi) is 2.91. The summed E-state index contributed by atoms with van der Waals surface area (Å²) in [5, 5.41) is 9.88. The molecule has 16 heavy (non-hydrogen) atoms. The topological polar surface area (TPSA) is 94.0 Å². The molecule has 3 N–H and O–H groups in total. The third-order valence-electron chi connectivity index (χ3n) is 2.88. The van der Waals surface area contributed by atoms with Gasteiger partial charge >= 0.3 is 6.01 Å². The van der Waals surface area contributed by atoms with E-state index in [4.69, 9.17) is 10.2 Å². The largest absolute Gasteiger partial charge is 0.408 e. The minimum absolute atomic E-state index is 0.143. The van der Waals surface area contributed by atoms with Gasteiger partial charge in [-0.25, -0.2) is 0 Å². The molecule has 1 saturated carbocycles. The zero-order valence-corrected chi connectivity index (χ0v) is 9.32. The van der Waals surface area contributed by atoms with Crippen LogP contribution in [0.2, 0.25) is 0 Å². The van der Waals surface area contributed by atoms with Crippen LogP contribution in [0.25, 0.3) is 0 Å². The molecule has 0 saturated heterocycles. The van der Waals surface area contributed by atoms with E-state index in [2.05, 4.69) is 15.5 Å². The van der Waals surface area contributed by atoms with Crippen molar-refractivity contribution in [1.82, 2.24) is 10.2 Å². The molecule has 1 aromatic rings. The molecule has 6 heteroatoms. The van der Waals surface area contributed by atoms with E-state index in [0.29, 0.717) is 12.3 Å². The summed E-state index contributed by atoms with van der Waals surface area (Å²) >= 11 is 0. The van der Waals surface area contributed by atoms with Gasteiger partial charge in [-0.3, -0.25) is 10.1 Å².